The van der Waals surface area contributed by atoms with Crippen LogP contribution in [0.3, 0.4) is 0 Å². The van der Waals surface area contributed by atoms with Crippen molar-refractivity contribution in [2.75, 3.05) is 7.05 Å². The third-order valence-corrected chi connectivity index (χ3v) is 3.19. The summed E-state index contributed by atoms with van der Waals surface area (Å²) in [4.78, 5) is 15.6. The van der Waals surface area contributed by atoms with E-state index in [1.165, 1.54) is 6.20 Å². The summed E-state index contributed by atoms with van der Waals surface area (Å²) in [6, 6.07) is 0. The van der Waals surface area contributed by atoms with Crippen LogP contribution in [-0.4, -0.2) is 18.8 Å². The first-order valence-electron chi connectivity index (χ1n) is 6.53. The van der Waals surface area contributed by atoms with Crippen molar-refractivity contribution in [1.29, 1.82) is 0 Å². The van der Waals surface area contributed by atoms with Gasteiger partial charge in [-0.2, -0.15) is 0 Å². The quantitative estimate of drug-likeness (QED) is 0.752. The molecule has 1 aliphatic rings. The lowest BCUT2D eigenvalue weighted by molar-refractivity contribution is -0.114. The third kappa shape index (κ3) is 3.86. The monoisotopic (exact) mass is 271 g/mol. The Morgan fingerprint density at radius 1 is 1.45 bits per heavy atom. The van der Waals surface area contributed by atoms with Crippen molar-refractivity contribution in [2.45, 2.75) is 20.8 Å². The minimum atomic E-state index is -0.527. The predicted molar refractivity (Wildman–Crippen MR) is 82.8 cm³/mol. The number of nitrogens with two attached hydrogens (primary N) is 1. The Labute approximate surface area is 120 Å². The molecule has 1 atom stereocenters. The van der Waals surface area contributed by atoms with Gasteiger partial charge in [0.2, 0.25) is 0 Å². The van der Waals surface area contributed by atoms with Crippen LogP contribution in [0.25, 0.3) is 0 Å². The van der Waals surface area contributed by atoms with E-state index in [4.69, 9.17) is 5.73 Å². The van der Waals surface area contributed by atoms with Crippen molar-refractivity contribution >= 4 is 11.7 Å². The van der Waals surface area contributed by atoms with Crippen molar-refractivity contribution in [3.63, 3.8) is 0 Å². The summed E-state index contributed by atoms with van der Waals surface area (Å²) < 4.78 is 0. The lowest BCUT2D eigenvalue weighted by Crippen LogP contribution is -2.20. The molecule has 0 spiro atoms. The van der Waals surface area contributed by atoms with Crippen molar-refractivity contribution in [3.8, 4) is 11.8 Å². The molecule has 0 bridgehead atoms. The molecule has 20 heavy (non-hydrogen) atoms. The fourth-order valence-electron chi connectivity index (χ4n) is 1.51. The van der Waals surface area contributed by atoms with E-state index in [9.17, 15) is 4.79 Å². The minimum absolute atomic E-state index is 0.230. The van der Waals surface area contributed by atoms with Gasteiger partial charge in [0.25, 0.3) is 5.91 Å². The highest BCUT2D eigenvalue weighted by atomic mass is 16.1. The van der Waals surface area contributed by atoms with E-state index >= 15 is 0 Å². The van der Waals surface area contributed by atoms with Gasteiger partial charge in [-0.05, 0) is 12.0 Å². The molecule has 1 amide bonds. The zero-order valence-electron chi connectivity index (χ0n) is 12.4. The van der Waals surface area contributed by atoms with E-state index in [0.29, 0.717) is 28.5 Å². The normalized spacial score (nSPS) is 18.4. The van der Waals surface area contributed by atoms with Gasteiger partial charge in [0.05, 0.1) is 5.57 Å². The van der Waals surface area contributed by atoms with E-state index in [1.54, 1.807) is 13.1 Å². The second kappa shape index (κ2) is 6.76. The van der Waals surface area contributed by atoms with E-state index in [1.807, 2.05) is 0 Å². The standard InChI is InChI=1S/C16H21N3O/c1-10(2)11(3)6-7-13-8-12(4)16(18-5)19-9-14(13)15(17)20/h8-11H,4H2,1-3,5H3,(H2,17,20)(H,18,19)/t11-/m1/s1. The van der Waals surface area contributed by atoms with Crippen LogP contribution in [0.4, 0.5) is 0 Å². The van der Waals surface area contributed by atoms with Gasteiger partial charge in [0, 0.05) is 30.3 Å². The number of aliphatic imine (C=N–C) groups is 1. The number of hydrogen-bond acceptors (Lipinski definition) is 2. The Kier molecular flexibility index (Phi) is 5.33. The highest BCUT2D eigenvalue weighted by molar-refractivity contribution is 6.06. The number of primary amides is 1. The number of amidine groups is 1. The summed E-state index contributed by atoms with van der Waals surface area (Å²) in [5.74, 6) is 6.92. The SMILES string of the molecule is C=C1C=C(C#C[C@@H](C)C(C)C)C(C(N)=O)=CNC1=NC. The number of amides is 1. The van der Waals surface area contributed by atoms with Crippen LogP contribution in [0, 0.1) is 23.7 Å². The first-order valence-corrected chi connectivity index (χ1v) is 6.53. The molecule has 3 N–H and O–H groups in total. The second-order valence-electron chi connectivity index (χ2n) is 5.02. The maximum atomic E-state index is 11.5. The summed E-state index contributed by atoms with van der Waals surface area (Å²) >= 11 is 0. The first-order chi connectivity index (χ1) is 9.36. The number of hydrogen-bond donors (Lipinski definition) is 2. The summed E-state index contributed by atoms with van der Waals surface area (Å²) in [5.41, 5.74) is 6.98. The van der Waals surface area contributed by atoms with Gasteiger partial charge in [0.1, 0.15) is 5.84 Å². The average Bonchev–Trinajstić information content (AvgIpc) is 2.54. The molecule has 0 radical (unpaired) electrons. The second-order valence-corrected chi connectivity index (χ2v) is 5.02. The molecule has 0 saturated heterocycles. The Morgan fingerprint density at radius 3 is 2.60 bits per heavy atom. The molecule has 4 nitrogen and oxygen atoms in total. The smallest absolute Gasteiger partial charge is 0.251 e. The lowest BCUT2D eigenvalue weighted by Gasteiger charge is -2.07. The van der Waals surface area contributed by atoms with Crippen LogP contribution in [0.1, 0.15) is 20.8 Å². The highest BCUT2D eigenvalue weighted by Gasteiger charge is 2.15. The van der Waals surface area contributed by atoms with Crippen LogP contribution >= 0.6 is 0 Å². The highest BCUT2D eigenvalue weighted by Crippen LogP contribution is 2.16. The summed E-state index contributed by atoms with van der Waals surface area (Å²) in [5, 5.41) is 2.92. The molecule has 0 aromatic heterocycles. The molecule has 0 fully saturated rings. The lowest BCUT2D eigenvalue weighted by atomic mass is 9.97. The predicted octanol–water partition coefficient (Wildman–Crippen LogP) is 1.77. The molecule has 0 aromatic carbocycles. The number of nitrogens with one attached hydrogen (secondary N) is 1. The van der Waals surface area contributed by atoms with E-state index in [0.717, 1.165) is 0 Å². The van der Waals surface area contributed by atoms with Gasteiger partial charge in [-0.1, -0.05) is 39.2 Å². The molecular formula is C16H21N3O. The fourth-order valence-corrected chi connectivity index (χ4v) is 1.51. The van der Waals surface area contributed by atoms with E-state index in [2.05, 4.69) is 49.5 Å². The van der Waals surface area contributed by atoms with Crippen LogP contribution in [0.15, 0.2) is 40.6 Å². The maximum Gasteiger partial charge on any atom is 0.251 e. The topological polar surface area (TPSA) is 67.5 Å². The average molecular weight is 271 g/mol. The number of rotatable bonds is 2. The molecule has 106 valence electrons. The Bertz CT molecular complexity index is 568. The minimum Gasteiger partial charge on any atom is -0.366 e. The summed E-state index contributed by atoms with van der Waals surface area (Å²) in [6.45, 7) is 10.2. The zero-order chi connectivity index (χ0) is 15.3. The van der Waals surface area contributed by atoms with Crippen LogP contribution < -0.4 is 11.1 Å². The van der Waals surface area contributed by atoms with Crippen LogP contribution in [-0.2, 0) is 4.79 Å². The number of nitrogens with zero attached hydrogens (tertiary/aromatic N) is 1. The van der Waals surface area contributed by atoms with Crippen molar-refractivity contribution in [2.24, 2.45) is 22.6 Å². The molecule has 0 unspecified atom stereocenters. The first kappa shape index (κ1) is 15.8. The molecule has 0 aliphatic carbocycles. The van der Waals surface area contributed by atoms with Gasteiger partial charge in [-0.15, -0.1) is 0 Å². The third-order valence-electron chi connectivity index (χ3n) is 3.19. The molecule has 1 heterocycles. The summed E-state index contributed by atoms with van der Waals surface area (Å²) in [7, 11) is 1.65. The van der Waals surface area contributed by atoms with Gasteiger partial charge in [-0.25, -0.2) is 0 Å². The molecule has 4 heteroatoms. The van der Waals surface area contributed by atoms with Gasteiger partial charge in [0.15, 0.2) is 0 Å². The maximum absolute atomic E-state index is 11.5. The Morgan fingerprint density at radius 2 is 2.10 bits per heavy atom. The van der Waals surface area contributed by atoms with Crippen molar-refractivity contribution in [3.05, 3.63) is 35.6 Å². The van der Waals surface area contributed by atoms with Crippen LogP contribution in [0.5, 0.6) is 0 Å². The number of carbonyl (C=O) groups is 1. The van der Waals surface area contributed by atoms with Crippen molar-refractivity contribution < 1.29 is 4.79 Å². The molecule has 0 saturated carbocycles. The van der Waals surface area contributed by atoms with Crippen molar-refractivity contribution in [1.82, 2.24) is 5.32 Å². The molecular weight excluding hydrogens is 250 g/mol. The van der Waals surface area contributed by atoms with E-state index < -0.39 is 5.91 Å². The zero-order valence-corrected chi connectivity index (χ0v) is 12.4. The summed E-state index contributed by atoms with van der Waals surface area (Å²) in [6.07, 6.45) is 3.27. The van der Waals surface area contributed by atoms with Gasteiger partial charge in [-0.3, -0.25) is 9.79 Å². The fraction of sp³-hybridized carbons (Fsp3) is 0.375. The van der Waals surface area contributed by atoms with Crippen LogP contribution in [0.2, 0.25) is 0 Å². The largest absolute Gasteiger partial charge is 0.366 e. The molecule has 1 aliphatic heterocycles. The molecule has 0 aromatic rings. The number of carbonyl (C=O) groups excluding carboxylic acids is 1. The Balaban J connectivity index is 3.23. The Hall–Kier alpha value is -2.28. The van der Waals surface area contributed by atoms with E-state index in [-0.39, 0.29) is 5.92 Å². The van der Waals surface area contributed by atoms with Gasteiger partial charge >= 0.3 is 0 Å². The molecule has 1 rings (SSSR count). The van der Waals surface area contributed by atoms with Gasteiger partial charge < -0.3 is 11.1 Å².